The van der Waals surface area contributed by atoms with E-state index in [0.29, 0.717) is 24.5 Å². The van der Waals surface area contributed by atoms with Crippen LogP contribution in [0.1, 0.15) is 37.5 Å². The smallest absolute Gasteiger partial charge is 0.161 e. The Bertz CT molecular complexity index is 815. The molecule has 4 heteroatoms. The molecule has 2 N–H and O–H groups in total. The summed E-state index contributed by atoms with van der Waals surface area (Å²) in [4.78, 5) is 0. The maximum Gasteiger partial charge on any atom is 0.161 e. The lowest BCUT2D eigenvalue weighted by molar-refractivity contribution is 0.318. The van der Waals surface area contributed by atoms with Crippen LogP contribution < -0.4 is 9.47 Å². The second kappa shape index (κ2) is 8.99. The van der Waals surface area contributed by atoms with Gasteiger partial charge in [-0.1, -0.05) is 29.9 Å². The first-order chi connectivity index (χ1) is 12.4. The molecule has 0 amide bonds. The van der Waals surface area contributed by atoms with Gasteiger partial charge in [-0.3, -0.25) is 0 Å². The van der Waals surface area contributed by atoms with Gasteiger partial charge in [0.2, 0.25) is 0 Å². The van der Waals surface area contributed by atoms with Crippen molar-refractivity contribution in [3.63, 3.8) is 0 Å². The molecule has 0 aliphatic carbocycles. The van der Waals surface area contributed by atoms with E-state index in [9.17, 15) is 10.2 Å². The van der Waals surface area contributed by atoms with Gasteiger partial charge >= 0.3 is 0 Å². The summed E-state index contributed by atoms with van der Waals surface area (Å²) in [6, 6.07) is 8.55. The van der Waals surface area contributed by atoms with E-state index in [0.717, 1.165) is 16.7 Å². The normalized spacial score (nSPS) is 10.8. The van der Waals surface area contributed by atoms with Crippen LogP contribution in [0.5, 0.6) is 23.0 Å². The molecule has 2 aromatic carbocycles. The fraction of sp³-hybridized carbons (Fsp3) is 0.273. The second-order valence-corrected chi connectivity index (χ2v) is 6.19. The maximum absolute atomic E-state index is 9.99. The molecule has 0 heterocycles. The minimum Gasteiger partial charge on any atom is -0.508 e. The Balaban J connectivity index is 2.41. The van der Waals surface area contributed by atoms with E-state index < -0.39 is 0 Å². The zero-order valence-corrected chi connectivity index (χ0v) is 15.7. The summed E-state index contributed by atoms with van der Waals surface area (Å²) in [6.45, 7) is 6.45. The van der Waals surface area contributed by atoms with Gasteiger partial charge in [-0.15, -0.1) is 0 Å². The molecule has 0 saturated heterocycles. The summed E-state index contributed by atoms with van der Waals surface area (Å²) < 4.78 is 10.9. The van der Waals surface area contributed by atoms with Crippen LogP contribution >= 0.6 is 0 Å². The Kier molecular flexibility index (Phi) is 6.73. The van der Waals surface area contributed by atoms with Crippen molar-refractivity contribution < 1.29 is 19.7 Å². The monoisotopic (exact) mass is 354 g/mol. The van der Waals surface area contributed by atoms with Gasteiger partial charge in [0, 0.05) is 11.6 Å². The highest BCUT2D eigenvalue weighted by molar-refractivity contribution is 5.74. The van der Waals surface area contributed by atoms with Crippen LogP contribution in [0, 0.1) is 0 Å². The number of hydrogen-bond donors (Lipinski definition) is 2. The topological polar surface area (TPSA) is 58.9 Å². The lowest BCUT2D eigenvalue weighted by Gasteiger charge is -2.12. The van der Waals surface area contributed by atoms with E-state index in [1.807, 2.05) is 39.0 Å². The molecule has 4 nitrogen and oxygen atoms in total. The average molecular weight is 354 g/mol. The number of methoxy groups -OCH3 is 1. The Morgan fingerprint density at radius 3 is 2.46 bits per heavy atom. The Hall–Kier alpha value is -2.88. The number of allylic oxidation sites excluding steroid dienone is 2. The number of phenolic OH excluding ortho intramolecular Hbond substituents is 2. The van der Waals surface area contributed by atoms with Gasteiger partial charge in [0.05, 0.1) is 13.7 Å². The van der Waals surface area contributed by atoms with Gasteiger partial charge < -0.3 is 19.7 Å². The molecule has 0 bridgehead atoms. The molecule has 0 saturated carbocycles. The number of benzene rings is 2. The fourth-order valence-electron chi connectivity index (χ4n) is 2.60. The molecule has 0 aromatic heterocycles. The highest BCUT2D eigenvalue weighted by atomic mass is 16.5. The number of aromatic hydroxyl groups is 2. The van der Waals surface area contributed by atoms with Crippen molar-refractivity contribution in [3.8, 4) is 23.0 Å². The Labute approximate surface area is 155 Å². The molecule has 0 unspecified atom stereocenters. The summed E-state index contributed by atoms with van der Waals surface area (Å²) in [5.74, 6) is 1.38. The van der Waals surface area contributed by atoms with E-state index in [4.69, 9.17) is 9.47 Å². The van der Waals surface area contributed by atoms with Crippen LogP contribution in [-0.2, 0) is 6.42 Å². The van der Waals surface area contributed by atoms with Crippen molar-refractivity contribution >= 4 is 12.2 Å². The van der Waals surface area contributed by atoms with Gasteiger partial charge in [0.25, 0.3) is 0 Å². The van der Waals surface area contributed by atoms with Crippen LogP contribution in [-0.4, -0.2) is 23.9 Å². The number of rotatable bonds is 7. The summed E-state index contributed by atoms with van der Waals surface area (Å²) in [6.07, 6.45) is 6.69. The van der Waals surface area contributed by atoms with Crippen molar-refractivity contribution in [1.82, 2.24) is 0 Å². The molecule has 2 rings (SSSR count). The SMILES string of the molecule is CCOc1cc(/C=C/c2cc(O)cc(OC)c2CC=C(C)C)ccc1O. The summed E-state index contributed by atoms with van der Waals surface area (Å²) in [5.41, 5.74) is 3.99. The molecular weight excluding hydrogens is 328 g/mol. The predicted molar refractivity (Wildman–Crippen MR) is 106 cm³/mol. The summed E-state index contributed by atoms with van der Waals surface area (Å²) in [7, 11) is 1.60. The quantitative estimate of drug-likeness (QED) is 0.531. The molecule has 0 aliphatic rings. The predicted octanol–water partition coefficient (Wildman–Crippen LogP) is 5.18. The first kappa shape index (κ1) is 19.4. The molecule has 0 radical (unpaired) electrons. The second-order valence-electron chi connectivity index (χ2n) is 6.19. The highest BCUT2D eigenvalue weighted by Gasteiger charge is 2.09. The van der Waals surface area contributed by atoms with Crippen molar-refractivity contribution in [2.45, 2.75) is 27.2 Å². The van der Waals surface area contributed by atoms with Gasteiger partial charge in [0.15, 0.2) is 11.5 Å². The summed E-state index contributed by atoms with van der Waals surface area (Å²) >= 11 is 0. The lowest BCUT2D eigenvalue weighted by Crippen LogP contribution is -1.95. The molecule has 138 valence electrons. The van der Waals surface area contributed by atoms with E-state index in [-0.39, 0.29) is 11.5 Å². The third-order valence-corrected chi connectivity index (χ3v) is 3.90. The molecule has 2 aromatic rings. The minimum absolute atomic E-state index is 0.118. The van der Waals surface area contributed by atoms with Crippen molar-refractivity contribution in [1.29, 1.82) is 0 Å². The highest BCUT2D eigenvalue weighted by Crippen LogP contribution is 2.31. The van der Waals surface area contributed by atoms with E-state index >= 15 is 0 Å². The van der Waals surface area contributed by atoms with Crippen LogP contribution in [0.4, 0.5) is 0 Å². The van der Waals surface area contributed by atoms with Crippen LogP contribution in [0.3, 0.4) is 0 Å². The van der Waals surface area contributed by atoms with E-state index in [1.54, 1.807) is 31.4 Å². The number of ether oxygens (including phenoxy) is 2. The lowest BCUT2D eigenvalue weighted by atomic mass is 10.00. The zero-order chi connectivity index (χ0) is 19.1. The van der Waals surface area contributed by atoms with Gasteiger partial charge in [0.1, 0.15) is 11.5 Å². The van der Waals surface area contributed by atoms with Gasteiger partial charge in [-0.25, -0.2) is 0 Å². The zero-order valence-electron chi connectivity index (χ0n) is 15.7. The third kappa shape index (κ3) is 5.06. The molecule has 0 atom stereocenters. The van der Waals surface area contributed by atoms with Crippen molar-refractivity contribution in [2.24, 2.45) is 0 Å². The van der Waals surface area contributed by atoms with Gasteiger partial charge in [-0.2, -0.15) is 0 Å². The maximum atomic E-state index is 9.99. The molecule has 0 spiro atoms. The van der Waals surface area contributed by atoms with E-state index in [2.05, 4.69) is 6.08 Å². The van der Waals surface area contributed by atoms with E-state index in [1.165, 1.54) is 5.57 Å². The Morgan fingerprint density at radius 1 is 1.04 bits per heavy atom. The number of phenols is 2. The molecule has 0 aliphatic heterocycles. The van der Waals surface area contributed by atoms with Gasteiger partial charge in [-0.05, 0) is 56.5 Å². The Morgan fingerprint density at radius 2 is 1.81 bits per heavy atom. The molecule has 0 fully saturated rings. The van der Waals surface area contributed by atoms with Crippen LogP contribution in [0.15, 0.2) is 42.0 Å². The molecule has 26 heavy (non-hydrogen) atoms. The minimum atomic E-state index is 0.118. The third-order valence-electron chi connectivity index (χ3n) is 3.90. The van der Waals surface area contributed by atoms with Crippen LogP contribution in [0.25, 0.3) is 12.2 Å². The standard InChI is InChI=1S/C22H26O4/c1-5-26-22-12-16(8-11-20(22)24)7-9-17-13-18(23)14-21(25-4)19(17)10-6-15(2)3/h6-9,11-14,23-24H,5,10H2,1-4H3/b9-7+. The average Bonchev–Trinajstić information content (AvgIpc) is 2.60. The fourth-order valence-corrected chi connectivity index (χ4v) is 2.60. The largest absolute Gasteiger partial charge is 0.508 e. The first-order valence-electron chi connectivity index (χ1n) is 8.61. The van der Waals surface area contributed by atoms with Crippen molar-refractivity contribution in [3.05, 3.63) is 58.7 Å². The number of hydrogen-bond acceptors (Lipinski definition) is 4. The first-order valence-corrected chi connectivity index (χ1v) is 8.61. The summed E-state index contributed by atoms with van der Waals surface area (Å²) in [5, 5.41) is 19.8. The van der Waals surface area contributed by atoms with Crippen molar-refractivity contribution in [2.75, 3.05) is 13.7 Å². The molecular formula is C22H26O4. The van der Waals surface area contributed by atoms with Crippen LogP contribution in [0.2, 0.25) is 0 Å².